The smallest absolute Gasteiger partial charge is 0.393 e. The summed E-state index contributed by atoms with van der Waals surface area (Å²) in [6.45, 7) is 2.92. The van der Waals surface area contributed by atoms with Crippen molar-refractivity contribution in [2.45, 2.75) is 54.7 Å². The molecule has 0 aromatic rings. The molecular formula is C12H6F16O3. The number of halogens is 16. The van der Waals surface area contributed by atoms with Crippen LogP contribution in [0.25, 0.3) is 0 Å². The van der Waals surface area contributed by atoms with E-state index >= 15 is 0 Å². The van der Waals surface area contributed by atoms with Gasteiger partial charge in [0.1, 0.15) is 0 Å². The fourth-order valence-corrected chi connectivity index (χ4v) is 1.43. The molecule has 19 heteroatoms. The second kappa shape index (κ2) is 7.29. The van der Waals surface area contributed by atoms with Crippen LogP contribution in [0.4, 0.5) is 70.2 Å². The molecule has 0 aliphatic carbocycles. The number of hydrogen-bond acceptors (Lipinski definition) is 3. The van der Waals surface area contributed by atoms with Gasteiger partial charge >= 0.3 is 53.7 Å². The van der Waals surface area contributed by atoms with Crippen LogP contribution >= 0.6 is 0 Å². The molecule has 1 unspecified atom stereocenters. The first-order valence-corrected chi connectivity index (χ1v) is 6.71. The highest BCUT2D eigenvalue weighted by atomic mass is 19.4. The van der Waals surface area contributed by atoms with E-state index in [1.165, 1.54) is 0 Å². The van der Waals surface area contributed by atoms with Crippen molar-refractivity contribution in [2.75, 3.05) is 0 Å². The third-order valence-corrected chi connectivity index (χ3v) is 3.30. The van der Waals surface area contributed by atoms with Gasteiger partial charge in [0, 0.05) is 5.57 Å². The molecule has 0 radical (unpaired) electrons. The fraction of sp³-hybridized carbons (Fsp3) is 0.750. The Labute approximate surface area is 159 Å². The van der Waals surface area contributed by atoms with Crippen molar-refractivity contribution in [3.05, 3.63) is 12.2 Å². The SMILES string of the molecule is C=C(C)C(=O)OC(F)(F)C(O)(F)C(F)(F)C(F)(F)C(F)(F)C(F)(F)C(F)(F)C(F)(F)F. The molecule has 0 heterocycles. The largest absolute Gasteiger partial charge is 0.468 e. The minimum absolute atomic E-state index is 0.427. The van der Waals surface area contributed by atoms with Gasteiger partial charge in [-0.1, -0.05) is 6.58 Å². The van der Waals surface area contributed by atoms with E-state index in [4.69, 9.17) is 5.11 Å². The molecule has 184 valence electrons. The average Bonchev–Trinajstić information content (AvgIpc) is 2.51. The summed E-state index contributed by atoms with van der Waals surface area (Å²) in [6, 6.07) is 0. The lowest BCUT2D eigenvalue weighted by molar-refractivity contribution is -0.484. The predicted molar refractivity (Wildman–Crippen MR) is 62.7 cm³/mol. The monoisotopic (exact) mass is 502 g/mol. The molecule has 1 atom stereocenters. The Balaban J connectivity index is 6.69. The van der Waals surface area contributed by atoms with E-state index in [1.54, 1.807) is 0 Å². The predicted octanol–water partition coefficient (Wildman–Crippen LogP) is 5.10. The summed E-state index contributed by atoms with van der Waals surface area (Å²) < 4.78 is 209. The van der Waals surface area contributed by atoms with Crippen LogP contribution in [0, 0.1) is 0 Å². The van der Waals surface area contributed by atoms with Crippen molar-refractivity contribution in [3.63, 3.8) is 0 Å². The maximum atomic E-state index is 13.5. The zero-order valence-electron chi connectivity index (χ0n) is 14.0. The summed E-state index contributed by atoms with van der Waals surface area (Å²) in [5.74, 6) is -52.5. The van der Waals surface area contributed by atoms with Gasteiger partial charge in [0.05, 0.1) is 0 Å². The Bertz CT molecular complexity index is 720. The Morgan fingerprint density at radius 1 is 0.645 bits per heavy atom. The summed E-state index contributed by atoms with van der Waals surface area (Å²) in [7, 11) is 0. The summed E-state index contributed by atoms with van der Waals surface area (Å²) in [4.78, 5) is 10.8. The van der Waals surface area contributed by atoms with Gasteiger partial charge in [-0.2, -0.15) is 70.2 Å². The van der Waals surface area contributed by atoms with Gasteiger partial charge in [-0.25, -0.2) is 4.79 Å². The van der Waals surface area contributed by atoms with Gasteiger partial charge in [-0.15, -0.1) is 0 Å². The van der Waals surface area contributed by atoms with E-state index in [1.807, 2.05) is 0 Å². The Morgan fingerprint density at radius 3 is 1.23 bits per heavy atom. The topological polar surface area (TPSA) is 46.5 Å². The molecule has 0 amide bonds. The van der Waals surface area contributed by atoms with Crippen molar-refractivity contribution < 1.29 is 84.9 Å². The van der Waals surface area contributed by atoms with Crippen LogP contribution < -0.4 is 0 Å². The van der Waals surface area contributed by atoms with Gasteiger partial charge in [-0.3, -0.25) is 0 Å². The number of aliphatic hydroxyl groups is 1. The number of carbonyl (C=O) groups is 1. The second-order valence-corrected chi connectivity index (χ2v) is 5.68. The highest BCUT2D eigenvalue weighted by molar-refractivity contribution is 5.87. The molecule has 0 saturated carbocycles. The van der Waals surface area contributed by atoms with E-state index in [0.29, 0.717) is 6.92 Å². The zero-order chi connectivity index (χ0) is 25.9. The molecule has 1 N–H and O–H groups in total. The van der Waals surface area contributed by atoms with E-state index in [2.05, 4.69) is 11.3 Å². The first kappa shape index (κ1) is 29.0. The molecule has 0 bridgehead atoms. The Hall–Kier alpha value is -1.95. The molecule has 0 aliphatic rings. The highest BCUT2D eigenvalue weighted by Gasteiger charge is 2.95. The molecule has 0 saturated heterocycles. The van der Waals surface area contributed by atoms with E-state index < -0.39 is 59.3 Å². The lowest BCUT2D eigenvalue weighted by Gasteiger charge is -2.43. The Kier molecular flexibility index (Phi) is 6.83. The van der Waals surface area contributed by atoms with Crippen LogP contribution in [-0.2, 0) is 9.53 Å². The van der Waals surface area contributed by atoms with E-state index in [9.17, 15) is 75.0 Å². The molecule has 0 aliphatic heterocycles. The molecular weight excluding hydrogens is 496 g/mol. The first-order chi connectivity index (χ1) is 13.1. The lowest BCUT2D eigenvalue weighted by Crippen LogP contribution is -2.75. The third-order valence-electron chi connectivity index (χ3n) is 3.30. The molecule has 31 heavy (non-hydrogen) atoms. The minimum Gasteiger partial charge on any atom is -0.393 e. The van der Waals surface area contributed by atoms with Crippen LogP contribution in [0.2, 0.25) is 0 Å². The average molecular weight is 502 g/mol. The van der Waals surface area contributed by atoms with Crippen molar-refractivity contribution in [3.8, 4) is 0 Å². The van der Waals surface area contributed by atoms with Gasteiger partial charge in [0.25, 0.3) is 0 Å². The number of alkyl halides is 16. The van der Waals surface area contributed by atoms with Crippen LogP contribution in [0.3, 0.4) is 0 Å². The first-order valence-electron chi connectivity index (χ1n) is 6.71. The number of rotatable bonds is 8. The molecule has 0 aromatic carbocycles. The third kappa shape index (κ3) is 3.88. The summed E-state index contributed by atoms with van der Waals surface area (Å²) >= 11 is 0. The lowest BCUT2D eigenvalue weighted by atomic mass is 9.90. The standard InChI is InChI=1S/C12H6F16O3/c1-3(2)4(29)31-12(27,28)10(23,30)8(19,20)6(15,16)5(13,14)7(17,18)9(21,22)11(24,25)26/h30H,1H2,2H3. The number of carbonyl (C=O) groups excluding carboxylic acids is 1. The van der Waals surface area contributed by atoms with Gasteiger partial charge in [0.2, 0.25) is 0 Å². The summed E-state index contributed by atoms with van der Waals surface area (Å²) in [5, 5.41) is 8.39. The van der Waals surface area contributed by atoms with Crippen LogP contribution in [-0.4, -0.2) is 58.8 Å². The molecule has 0 spiro atoms. The normalized spacial score (nSPS) is 17.2. The zero-order valence-corrected chi connectivity index (χ0v) is 14.0. The number of ether oxygens (including phenoxy) is 1. The maximum absolute atomic E-state index is 13.5. The van der Waals surface area contributed by atoms with Crippen molar-refractivity contribution in [1.29, 1.82) is 0 Å². The van der Waals surface area contributed by atoms with Crippen molar-refractivity contribution in [1.82, 2.24) is 0 Å². The minimum atomic E-state index is -8.66. The van der Waals surface area contributed by atoms with E-state index in [-0.39, 0.29) is 0 Å². The van der Waals surface area contributed by atoms with Gasteiger partial charge in [0.15, 0.2) is 0 Å². The second-order valence-electron chi connectivity index (χ2n) is 5.68. The van der Waals surface area contributed by atoms with Crippen LogP contribution in [0.5, 0.6) is 0 Å². The van der Waals surface area contributed by atoms with Crippen LogP contribution in [0.15, 0.2) is 12.2 Å². The molecule has 0 rings (SSSR count). The Morgan fingerprint density at radius 2 is 0.935 bits per heavy atom. The molecule has 3 nitrogen and oxygen atoms in total. The van der Waals surface area contributed by atoms with Crippen molar-refractivity contribution >= 4 is 5.97 Å². The van der Waals surface area contributed by atoms with Crippen LogP contribution in [0.1, 0.15) is 6.92 Å². The number of esters is 1. The number of hydrogen-bond donors (Lipinski definition) is 1. The van der Waals surface area contributed by atoms with Gasteiger partial charge in [-0.05, 0) is 6.92 Å². The quantitative estimate of drug-likeness (QED) is 0.286. The summed E-state index contributed by atoms with van der Waals surface area (Å²) in [5.41, 5.74) is -1.24. The van der Waals surface area contributed by atoms with E-state index in [0.717, 1.165) is 0 Å². The summed E-state index contributed by atoms with van der Waals surface area (Å²) in [6.07, 6.45) is -14.8. The maximum Gasteiger partial charge on any atom is 0.468 e. The fourth-order valence-electron chi connectivity index (χ4n) is 1.43. The van der Waals surface area contributed by atoms with Gasteiger partial charge < -0.3 is 9.84 Å². The highest BCUT2D eigenvalue weighted by Crippen LogP contribution is 2.63. The molecule has 0 aromatic heterocycles. The molecule has 0 fully saturated rings. The van der Waals surface area contributed by atoms with Crippen molar-refractivity contribution in [2.24, 2.45) is 0 Å².